The molecule has 0 radical (unpaired) electrons. The van der Waals surface area contributed by atoms with Crippen molar-refractivity contribution in [2.24, 2.45) is 13.0 Å². The number of carbonyl (C=O) groups excluding carboxylic acids is 1. The van der Waals surface area contributed by atoms with E-state index in [2.05, 4.69) is 57.0 Å². The number of hydrogen-bond acceptors (Lipinski definition) is 9. The number of nitrogens with one attached hydrogen (secondary N) is 2. The molecule has 1 saturated heterocycles. The Kier molecular flexibility index (Phi) is 8.01. The second-order valence-corrected chi connectivity index (χ2v) is 12.7. The molecule has 1 atom stereocenters. The molecule has 13 heteroatoms. The van der Waals surface area contributed by atoms with E-state index in [1.807, 2.05) is 11.6 Å². The molecular weight excluding hydrogens is 570 g/mol. The predicted octanol–water partition coefficient (Wildman–Crippen LogP) is 5.29. The summed E-state index contributed by atoms with van der Waals surface area (Å²) in [7, 11) is 3.61. The van der Waals surface area contributed by atoms with Crippen LogP contribution in [-0.4, -0.2) is 73.5 Å². The van der Waals surface area contributed by atoms with Crippen molar-refractivity contribution in [1.29, 1.82) is 0 Å². The van der Waals surface area contributed by atoms with Gasteiger partial charge in [-0.15, -0.1) is 0 Å². The fraction of sp³-hybridized carbons (Fsp3) is 0.500. The van der Waals surface area contributed by atoms with Gasteiger partial charge in [0, 0.05) is 69.1 Å². The number of hydrogen-bond donors (Lipinski definition) is 2. The fourth-order valence-corrected chi connectivity index (χ4v) is 5.68. The molecular formula is C30H38ClN9O3. The van der Waals surface area contributed by atoms with Crippen molar-refractivity contribution in [2.75, 3.05) is 44.0 Å². The predicted molar refractivity (Wildman–Crippen MR) is 165 cm³/mol. The highest BCUT2D eigenvalue weighted by molar-refractivity contribution is 6.36. The van der Waals surface area contributed by atoms with Crippen LogP contribution in [0.1, 0.15) is 51.8 Å². The van der Waals surface area contributed by atoms with Crippen LogP contribution in [0.5, 0.6) is 11.5 Å². The van der Waals surface area contributed by atoms with Crippen molar-refractivity contribution in [3.63, 3.8) is 0 Å². The number of ether oxygens (including phenoxy) is 2. The summed E-state index contributed by atoms with van der Waals surface area (Å²) in [6.07, 6.45) is 6.00. The first kappa shape index (κ1) is 29.3. The van der Waals surface area contributed by atoms with E-state index >= 15 is 0 Å². The molecule has 6 rings (SSSR count). The molecule has 0 aromatic carbocycles. The van der Waals surface area contributed by atoms with E-state index in [9.17, 15) is 4.79 Å². The SMILES string of the molecule is COCCN1CC[C@H](n2nc(Nc3nc4ncc(Oc5ccnc(NC(=O)C6CC6)c5)c(Cl)c4n3C)cc2C(C)(C)C)C1. The third-order valence-corrected chi connectivity index (χ3v) is 8.28. The van der Waals surface area contributed by atoms with Crippen molar-refractivity contribution in [3.8, 4) is 11.5 Å². The maximum atomic E-state index is 12.1. The van der Waals surface area contributed by atoms with Gasteiger partial charge in [-0.2, -0.15) is 10.1 Å². The summed E-state index contributed by atoms with van der Waals surface area (Å²) in [5, 5.41) is 11.6. The summed E-state index contributed by atoms with van der Waals surface area (Å²) < 4.78 is 15.4. The minimum absolute atomic E-state index is 0.0209. The van der Waals surface area contributed by atoms with Crippen LogP contribution in [0.2, 0.25) is 5.02 Å². The number of amides is 1. The van der Waals surface area contributed by atoms with Gasteiger partial charge in [0.2, 0.25) is 11.9 Å². The monoisotopic (exact) mass is 607 g/mol. The molecule has 12 nitrogen and oxygen atoms in total. The average molecular weight is 608 g/mol. The summed E-state index contributed by atoms with van der Waals surface area (Å²) in [5.41, 5.74) is 2.17. The lowest BCUT2D eigenvalue weighted by Gasteiger charge is -2.23. The van der Waals surface area contributed by atoms with Gasteiger partial charge in [-0.25, -0.2) is 9.97 Å². The largest absolute Gasteiger partial charge is 0.454 e. The first-order valence-electron chi connectivity index (χ1n) is 14.6. The lowest BCUT2D eigenvalue weighted by atomic mass is 9.91. The van der Waals surface area contributed by atoms with E-state index in [0.717, 1.165) is 51.2 Å². The van der Waals surface area contributed by atoms with Crippen LogP contribution in [0.25, 0.3) is 11.2 Å². The minimum atomic E-state index is -0.0934. The first-order valence-corrected chi connectivity index (χ1v) is 15.0. The number of fused-ring (bicyclic) bond motifs is 1. The Hall–Kier alpha value is -3.74. The number of aryl methyl sites for hydroxylation is 1. The van der Waals surface area contributed by atoms with Gasteiger partial charge in [0.05, 0.1) is 18.8 Å². The van der Waals surface area contributed by atoms with Gasteiger partial charge in [0.25, 0.3) is 0 Å². The Morgan fingerprint density at radius 3 is 2.72 bits per heavy atom. The first-order chi connectivity index (χ1) is 20.6. The number of likely N-dealkylation sites (tertiary alicyclic amines) is 1. The zero-order valence-corrected chi connectivity index (χ0v) is 26.0. The zero-order chi connectivity index (χ0) is 30.3. The molecule has 4 aromatic heterocycles. The molecule has 2 N–H and O–H groups in total. The van der Waals surface area contributed by atoms with Crippen molar-refractivity contribution >= 4 is 46.3 Å². The van der Waals surface area contributed by atoms with Crippen LogP contribution >= 0.6 is 11.6 Å². The summed E-state index contributed by atoms with van der Waals surface area (Å²) >= 11 is 6.84. The molecule has 4 aromatic rings. The highest BCUT2D eigenvalue weighted by Crippen LogP contribution is 2.37. The zero-order valence-electron chi connectivity index (χ0n) is 25.2. The Balaban J connectivity index is 1.23. The Morgan fingerprint density at radius 2 is 1.98 bits per heavy atom. The van der Waals surface area contributed by atoms with Crippen LogP contribution in [0.4, 0.5) is 17.6 Å². The number of nitrogens with zero attached hydrogens (tertiary/aromatic N) is 7. The molecule has 2 fully saturated rings. The average Bonchev–Trinajstić information content (AvgIpc) is 3.42. The van der Waals surface area contributed by atoms with Crippen molar-refractivity contribution in [2.45, 2.75) is 51.5 Å². The quantitative estimate of drug-likeness (QED) is 0.247. The lowest BCUT2D eigenvalue weighted by Crippen LogP contribution is -2.27. The standard InChI is InChI=1S/C30H38ClN9O3/c1-30(2,3)22-15-24(37-40(22)19-9-11-39(17-19)12-13-42-5)35-29-36-27-26(38(29)4)25(31)21(16-33-27)43-20-8-10-32-23(14-20)34-28(41)18-6-7-18/h8,10,14-16,18-19H,6-7,9,11-13,17H2,1-5H3,(H,32,34,41)(H,33,35,36,37)/t19-/m0/s1. The van der Waals surface area contributed by atoms with Gasteiger partial charge < -0.3 is 24.7 Å². The van der Waals surface area contributed by atoms with E-state index in [1.54, 1.807) is 31.6 Å². The lowest BCUT2D eigenvalue weighted by molar-refractivity contribution is -0.117. The maximum Gasteiger partial charge on any atom is 0.228 e. The summed E-state index contributed by atoms with van der Waals surface area (Å²) in [6, 6.07) is 5.76. The van der Waals surface area contributed by atoms with E-state index in [1.165, 1.54) is 0 Å². The van der Waals surface area contributed by atoms with Gasteiger partial charge in [0.15, 0.2) is 17.2 Å². The number of anilines is 3. The second kappa shape index (κ2) is 11.7. The fourth-order valence-electron chi connectivity index (χ4n) is 5.38. The topological polar surface area (TPSA) is 124 Å². The molecule has 1 amide bonds. The van der Waals surface area contributed by atoms with Crippen molar-refractivity contribution in [3.05, 3.63) is 41.3 Å². The van der Waals surface area contributed by atoms with E-state index in [4.69, 9.17) is 31.2 Å². The number of methoxy groups -OCH3 is 1. The molecule has 0 bridgehead atoms. The van der Waals surface area contributed by atoms with Crippen molar-refractivity contribution in [1.82, 2.24) is 34.2 Å². The summed E-state index contributed by atoms with van der Waals surface area (Å²) in [5.74, 6) is 2.62. The summed E-state index contributed by atoms with van der Waals surface area (Å²) in [4.78, 5) is 28.0. The van der Waals surface area contributed by atoms with Gasteiger partial charge in [0.1, 0.15) is 22.1 Å². The van der Waals surface area contributed by atoms with E-state index in [-0.39, 0.29) is 23.3 Å². The Labute approximate surface area is 255 Å². The Morgan fingerprint density at radius 1 is 1.16 bits per heavy atom. The number of rotatable bonds is 10. The normalized spacial score (nSPS) is 17.5. The van der Waals surface area contributed by atoms with Gasteiger partial charge in [-0.3, -0.25) is 14.4 Å². The number of pyridine rings is 2. The summed E-state index contributed by atoms with van der Waals surface area (Å²) in [6.45, 7) is 10.2. The molecule has 2 aliphatic rings. The molecule has 43 heavy (non-hydrogen) atoms. The highest BCUT2D eigenvalue weighted by atomic mass is 35.5. The number of carbonyl (C=O) groups is 1. The number of aromatic nitrogens is 6. The number of halogens is 1. The van der Waals surface area contributed by atoms with Crippen LogP contribution in [0.3, 0.4) is 0 Å². The second-order valence-electron chi connectivity index (χ2n) is 12.3. The van der Waals surface area contributed by atoms with Crippen LogP contribution in [0.15, 0.2) is 30.6 Å². The van der Waals surface area contributed by atoms with Crippen molar-refractivity contribution < 1.29 is 14.3 Å². The molecule has 0 spiro atoms. The molecule has 1 aliphatic carbocycles. The van der Waals surface area contributed by atoms with Gasteiger partial charge in [-0.1, -0.05) is 32.4 Å². The molecule has 5 heterocycles. The van der Waals surface area contributed by atoms with Crippen LogP contribution in [0, 0.1) is 5.92 Å². The molecule has 0 unspecified atom stereocenters. The van der Waals surface area contributed by atoms with Gasteiger partial charge >= 0.3 is 0 Å². The van der Waals surface area contributed by atoms with E-state index in [0.29, 0.717) is 45.3 Å². The third-order valence-electron chi connectivity index (χ3n) is 7.91. The minimum Gasteiger partial charge on any atom is -0.454 e. The highest BCUT2D eigenvalue weighted by Gasteiger charge is 2.31. The van der Waals surface area contributed by atoms with Gasteiger partial charge in [-0.05, 0) is 25.3 Å². The molecule has 1 saturated carbocycles. The smallest absolute Gasteiger partial charge is 0.228 e. The molecule has 228 valence electrons. The third kappa shape index (κ3) is 6.31. The Bertz CT molecular complexity index is 1640. The molecule has 1 aliphatic heterocycles. The number of imidazole rings is 1. The maximum absolute atomic E-state index is 12.1. The van der Waals surface area contributed by atoms with Crippen LogP contribution < -0.4 is 15.4 Å². The van der Waals surface area contributed by atoms with E-state index < -0.39 is 0 Å². The van der Waals surface area contributed by atoms with Crippen LogP contribution in [-0.2, 0) is 22.0 Å².